The highest BCUT2D eigenvalue weighted by Gasteiger charge is 2.28. The summed E-state index contributed by atoms with van der Waals surface area (Å²) in [5.74, 6) is 1.62. The molecule has 19 heavy (non-hydrogen) atoms. The molecule has 1 aromatic rings. The first-order valence-electron chi connectivity index (χ1n) is 6.98. The van der Waals surface area contributed by atoms with E-state index >= 15 is 0 Å². The summed E-state index contributed by atoms with van der Waals surface area (Å²) in [6.45, 7) is 3.03. The monoisotopic (exact) mass is 260 g/mol. The Morgan fingerprint density at radius 3 is 3.11 bits per heavy atom. The summed E-state index contributed by atoms with van der Waals surface area (Å²) in [7, 11) is 0. The van der Waals surface area contributed by atoms with Gasteiger partial charge in [-0.3, -0.25) is 4.79 Å². The molecule has 1 saturated heterocycles. The first kappa shape index (κ1) is 12.5. The van der Waals surface area contributed by atoms with Crippen molar-refractivity contribution in [2.24, 2.45) is 11.7 Å². The lowest BCUT2D eigenvalue weighted by atomic mass is 10.1. The summed E-state index contributed by atoms with van der Waals surface area (Å²) in [6.07, 6.45) is 2.53. The van der Waals surface area contributed by atoms with Crippen LogP contribution in [0.2, 0.25) is 0 Å². The highest BCUT2D eigenvalue weighted by atomic mass is 16.5. The molecule has 2 aliphatic rings. The summed E-state index contributed by atoms with van der Waals surface area (Å²) in [5, 5.41) is 0. The SMILES string of the molecule is NCC1CC(=O)N(CCc2ccc3c(c2)CCO3)C1. The Morgan fingerprint density at radius 2 is 2.32 bits per heavy atom. The van der Waals surface area contributed by atoms with E-state index in [-0.39, 0.29) is 5.91 Å². The molecule has 2 N–H and O–H groups in total. The number of nitrogens with zero attached hydrogens (tertiary/aromatic N) is 1. The van der Waals surface area contributed by atoms with Gasteiger partial charge in [-0.15, -0.1) is 0 Å². The van der Waals surface area contributed by atoms with E-state index in [4.69, 9.17) is 10.5 Å². The third kappa shape index (κ3) is 2.59. The molecule has 102 valence electrons. The summed E-state index contributed by atoms with van der Waals surface area (Å²) < 4.78 is 5.50. The second kappa shape index (κ2) is 5.21. The fourth-order valence-electron chi connectivity index (χ4n) is 2.89. The number of hydrogen-bond acceptors (Lipinski definition) is 3. The third-order valence-corrected chi connectivity index (χ3v) is 4.05. The maximum absolute atomic E-state index is 11.8. The van der Waals surface area contributed by atoms with E-state index in [0.717, 1.165) is 38.3 Å². The second-order valence-corrected chi connectivity index (χ2v) is 5.44. The van der Waals surface area contributed by atoms with Crippen molar-refractivity contribution in [1.82, 2.24) is 4.90 Å². The fraction of sp³-hybridized carbons (Fsp3) is 0.533. The Morgan fingerprint density at radius 1 is 1.42 bits per heavy atom. The summed E-state index contributed by atoms with van der Waals surface area (Å²) in [5.41, 5.74) is 8.22. The summed E-state index contributed by atoms with van der Waals surface area (Å²) >= 11 is 0. The molecule has 0 spiro atoms. The Bertz CT molecular complexity index is 487. The van der Waals surface area contributed by atoms with Crippen LogP contribution in [0, 0.1) is 5.92 Å². The number of amides is 1. The van der Waals surface area contributed by atoms with Crippen LogP contribution in [-0.4, -0.2) is 37.0 Å². The molecule has 1 fully saturated rings. The first-order valence-corrected chi connectivity index (χ1v) is 6.98. The molecule has 4 nitrogen and oxygen atoms in total. The zero-order valence-electron chi connectivity index (χ0n) is 11.1. The molecule has 0 saturated carbocycles. The van der Waals surface area contributed by atoms with Gasteiger partial charge in [0, 0.05) is 25.9 Å². The van der Waals surface area contributed by atoms with Crippen LogP contribution in [0.1, 0.15) is 17.5 Å². The van der Waals surface area contributed by atoms with E-state index in [1.807, 2.05) is 11.0 Å². The van der Waals surface area contributed by atoms with E-state index in [2.05, 4.69) is 12.1 Å². The van der Waals surface area contributed by atoms with Crippen molar-refractivity contribution >= 4 is 5.91 Å². The van der Waals surface area contributed by atoms with Crippen LogP contribution in [0.3, 0.4) is 0 Å². The van der Waals surface area contributed by atoms with Crippen molar-refractivity contribution in [2.45, 2.75) is 19.3 Å². The molecule has 4 heteroatoms. The van der Waals surface area contributed by atoms with Gasteiger partial charge in [0.05, 0.1) is 6.61 Å². The molecule has 1 amide bonds. The largest absolute Gasteiger partial charge is 0.493 e. The second-order valence-electron chi connectivity index (χ2n) is 5.44. The van der Waals surface area contributed by atoms with Crippen LogP contribution in [0.5, 0.6) is 5.75 Å². The van der Waals surface area contributed by atoms with Gasteiger partial charge in [-0.2, -0.15) is 0 Å². The molecule has 2 aliphatic heterocycles. The van der Waals surface area contributed by atoms with Crippen LogP contribution in [-0.2, 0) is 17.6 Å². The van der Waals surface area contributed by atoms with Gasteiger partial charge < -0.3 is 15.4 Å². The predicted molar refractivity (Wildman–Crippen MR) is 73.1 cm³/mol. The van der Waals surface area contributed by atoms with E-state index in [0.29, 0.717) is 18.9 Å². The standard InChI is InChI=1S/C15H20N2O2/c16-9-12-8-15(18)17(10-12)5-3-11-1-2-14-13(7-11)4-6-19-14/h1-2,7,12H,3-6,8-10,16H2. The maximum atomic E-state index is 11.8. The smallest absolute Gasteiger partial charge is 0.222 e. The van der Waals surface area contributed by atoms with E-state index in [1.54, 1.807) is 0 Å². The first-order chi connectivity index (χ1) is 9.26. The minimum atomic E-state index is 0.250. The molecule has 2 heterocycles. The van der Waals surface area contributed by atoms with Gasteiger partial charge in [-0.25, -0.2) is 0 Å². The third-order valence-electron chi connectivity index (χ3n) is 4.05. The number of nitrogens with two attached hydrogens (primary N) is 1. The Labute approximate surface area is 113 Å². The van der Waals surface area contributed by atoms with Crippen molar-refractivity contribution in [3.8, 4) is 5.75 Å². The minimum Gasteiger partial charge on any atom is -0.493 e. The van der Waals surface area contributed by atoms with Crippen LogP contribution in [0.25, 0.3) is 0 Å². The predicted octanol–water partition coefficient (Wildman–Crippen LogP) is 0.971. The van der Waals surface area contributed by atoms with Crippen LogP contribution >= 0.6 is 0 Å². The highest BCUT2D eigenvalue weighted by molar-refractivity contribution is 5.78. The molecular formula is C15H20N2O2. The average Bonchev–Trinajstić information content (AvgIpc) is 3.02. The van der Waals surface area contributed by atoms with Crippen molar-refractivity contribution in [3.63, 3.8) is 0 Å². The lowest BCUT2D eigenvalue weighted by molar-refractivity contribution is -0.127. The fourth-order valence-corrected chi connectivity index (χ4v) is 2.89. The van der Waals surface area contributed by atoms with Crippen LogP contribution in [0.15, 0.2) is 18.2 Å². The van der Waals surface area contributed by atoms with E-state index in [9.17, 15) is 4.79 Å². The number of carbonyl (C=O) groups excluding carboxylic acids is 1. The van der Waals surface area contributed by atoms with Gasteiger partial charge in [0.25, 0.3) is 0 Å². The quantitative estimate of drug-likeness (QED) is 0.877. The van der Waals surface area contributed by atoms with Gasteiger partial charge >= 0.3 is 0 Å². The summed E-state index contributed by atoms with van der Waals surface area (Å²) in [6, 6.07) is 6.36. The molecular weight excluding hydrogens is 240 g/mol. The van der Waals surface area contributed by atoms with Gasteiger partial charge in [0.2, 0.25) is 5.91 Å². The minimum absolute atomic E-state index is 0.250. The van der Waals surface area contributed by atoms with Crippen molar-refractivity contribution in [3.05, 3.63) is 29.3 Å². The number of ether oxygens (including phenoxy) is 1. The molecule has 0 bridgehead atoms. The highest BCUT2D eigenvalue weighted by Crippen LogP contribution is 2.26. The number of carbonyl (C=O) groups is 1. The van der Waals surface area contributed by atoms with Gasteiger partial charge in [0.1, 0.15) is 5.75 Å². The number of likely N-dealkylation sites (tertiary alicyclic amines) is 1. The van der Waals surface area contributed by atoms with Crippen LogP contribution in [0.4, 0.5) is 0 Å². The molecule has 0 aliphatic carbocycles. The Balaban J connectivity index is 1.59. The molecule has 1 unspecified atom stereocenters. The Hall–Kier alpha value is -1.55. The van der Waals surface area contributed by atoms with Crippen molar-refractivity contribution in [1.29, 1.82) is 0 Å². The number of fused-ring (bicyclic) bond motifs is 1. The molecule has 1 aromatic carbocycles. The molecule has 1 atom stereocenters. The van der Waals surface area contributed by atoms with Crippen molar-refractivity contribution < 1.29 is 9.53 Å². The molecule has 0 aromatic heterocycles. The normalized spacial score (nSPS) is 21.6. The van der Waals surface area contributed by atoms with E-state index in [1.165, 1.54) is 11.1 Å². The average molecular weight is 260 g/mol. The molecule has 3 rings (SSSR count). The lowest BCUT2D eigenvalue weighted by Crippen LogP contribution is -2.28. The topological polar surface area (TPSA) is 55.6 Å². The number of benzene rings is 1. The zero-order chi connectivity index (χ0) is 13.2. The summed E-state index contributed by atoms with van der Waals surface area (Å²) in [4.78, 5) is 13.7. The maximum Gasteiger partial charge on any atom is 0.222 e. The Kier molecular flexibility index (Phi) is 3.42. The molecule has 0 radical (unpaired) electrons. The number of rotatable bonds is 4. The van der Waals surface area contributed by atoms with Gasteiger partial charge in [-0.1, -0.05) is 12.1 Å². The zero-order valence-corrected chi connectivity index (χ0v) is 11.1. The number of hydrogen-bond donors (Lipinski definition) is 1. The van der Waals surface area contributed by atoms with Crippen LogP contribution < -0.4 is 10.5 Å². The van der Waals surface area contributed by atoms with Gasteiger partial charge in [-0.05, 0) is 36.1 Å². The van der Waals surface area contributed by atoms with E-state index < -0.39 is 0 Å². The van der Waals surface area contributed by atoms with Crippen molar-refractivity contribution in [2.75, 3.05) is 26.2 Å². The van der Waals surface area contributed by atoms with Gasteiger partial charge in [0.15, 0.2) is 0 Å². The lowest BCUT2D eigenvalue weighted by Gasteiger charge is -2.16.